The highest BCUT2D eigenvalue weighted by Gasteiger charge is 2.06. The molecule has 1 amide bonds. The number of hydrogen-bond donors (Lipinski definition) is 1. The van der Waals surface area contributed by atoms with E-state index in [-0.39, 0.29) is 5.91 Å². The SMILES string of the molecule is Cc1cc(C)cc(OCCNC(=O)CCc2ccc(Cl)cc2Cl)c1. The van der Waals surface area contributed by atoms with Crippen LogP contribution >= 0.6 is 23.2 Å². The Morgan fingerprint density at radius 2 is 1.79 bits per heavy atom. The predicted octanol–water partition coefficient (Wildman–Crippen LogP) is 4.74. The van der Waals surface area contributed by atoms with E-state index >= 15 is 0 Å². The second kappa shape index (κ2) is 8.95. The van der Waals surface area contributed by atoms with Crippen LogP contribution in [0, 0.1) is 13.8 Å². The van der Waals surface area contributed by atoms with Crippen molar-refractivity contribution in [3.8, 4) is 5.75 Å². The van der Waals surface area contributed by atoms with Gasteiger partial charge in [-0.15, -0.1) is 0 Å². The van der Waals surface area contributed by atoms with E-state index in [4.69, 9.17) is 27.9 Å². The Balaban J connectivity index is 1.69. The number of ether oxygens (including phenoxy) is 1. The average molecular weight is 366 g/mol. The monoisotopic (exact) mass is 365 g/mol. The van der Waals surface area contributed by atoms with Crippen LogP contribution in [0.4, 0.5) is 0 Å². The molecule has 128 valence electrons. The van der Waals surface area contributed by atoms with Crippen molar-refractivity contribution >= 4 is 29.1 Å². The van der Waals surface area contributed by atoms with Crippen molar-refractivity contribution in [2.75, 3.05) is 13.2 Å². The van der Waals surface area contributed by atoms with E-state index in [0.717, 1.165) is 22.4 Å². The fraction of sp³-hybridized carbons (Fsp3) is 0.316. The topological polar surface area (TPSA) is 38.3 Å². The number of carbonyl (C=O) groups excluding carboxylic acids is 1. The van der Waals surface area contributed by atoms with Crippen LogP contribution in [0.1, 0.15) is 23.1 Å². The first kappa shape index (κ1) is 18.6. The lowest BCUT2D eigenvalue weighted by Gasteiger charge is -2.10. The number of amides is 1. The molecule has 0 aliphatic carbocycles. The van der Waals surface area contributed by atoms with Crippen molar-refractivity contribution in [2.24, 2.45) is 0 Å². The van der Waals surface area contributed by atoms with Gasteiger partial charge in [-0.25, -0.2) is 0 Å². The van der Waals surface area contributed by atoms with Crippen molar-refractivity contribution in [1.29, 1.82) is 0 Å². The van der Waals surface area contributed by atoms with E-state index in [2.05, 4.69) is 11.4 Å². The fourth-order valence-electron chi connectivity index (χ4n) is 2.44. The first-order valence-corrected chi connectivity index (χ1v) is 8.61. The van der Waals surface area contributed by atoms with E-state index in [1.54, 1.807) is 12.1 Å². The largest absolute Gasteiger partial charge is 0.492 e. The highest BCUT2D eigenvalue weighted by atomic mass is 35.5. The van der Waals surface area contributed by atoms with Crippen LogP contribution in [0.15, 0.2) is 36.4 Å². The number of halogens is 2. The zero-order chi connectivity index (χ0) is 17.5. The summed E-state index contributed by atoms with van der Waals surface area (Å²) in [4.78, 5) is 11.9. The first-order valence-electron chi connectivity index (χ1n) is 7.86. The molecule has 24 heavy (non-hydrogen) atoms. The summed E-state index contributed by atoms with van der Waals surface area (Å²) in [6.45, 7) is 4.98. The van der Waals surface area contributed by atoms with Gasteiger partial charge in [0.25, 0.3) is 0 Å². The first-order chi connectivity index (χ1) is 11.4. The normalized spacial score (nSPS) is 10.5. The molecule has 0 unspecified atom stereocenters. The second-order valence-corrected chi connectivity index (χ2v) is 6.60. The highest BCUT2D eigenvalue weighted by Crippen LogP contribution is 2.22. The van der Waals surface area contributed by atoms with Gasteiger partial charge in [0.15, 0.2) is 0 Å². The number of carbonyl (C=O) groups is 1. The fourth-order valence-corrected chi connectivity index (χ4v) is 2.94. The van der Waals surface area contributed by atoms with Gasteiger partial charge in [0, 0.05) is 16.5 Å². The Morgan fingerprint density at radius 1 is 1.08 bits per heavy atom. The maximum Gasteiger partial charge on any atom is 0.220 e. The third kappa shape index (κ3) is 6.06. The Hall–Kier alpha value is -1.71. The van der Waals surface area contributed by atoms with Gasteiger partial charge in [0.2, 0.25) is 5.91 Å². The number of aryl methyl sites for hydroxylation is 3. The molecule has 0 fully saturated rings. The van der Waals surface area contributed by atoms with Gasteiger partial charge in [-0.2, -0.15) is 0 Å². The zero-order valence-electron chi connectivity index (χ0n) is 13.9. The van der Waals surface area contributed by atoms with Crippen LogP contribution < -0.4 is 10.1 Å². The molecule has 0 spiro atoms. The summed E-state index contributed by atoms with van der Waals surface area (Å²) in [5.74, 6) is 0.805. The van der Waals surface area contributed by atoms with Crippen LogP contribution in [-0.4, -0.2) is 19.1 Å². The Bertz CT molecular complexity index is 696. The summed E-state index contributed by atoms with van der Waals surface area (Å²) in [7, 11) is 0. The number of benzene rings is 2. The number of nitrogens with one attached hydrogen (secondary N) is 1. The van der Waals surface area contributed by atoms with Crippen molar-refractivity contribution in [1.82, 2.24) is 5.32 Å². The molecule has 0 radical (unpaired) electrons. The van der Waals surface area contributed by atoms with Crippen LogP contribution in [-0.2, 0) is 11.2 Å². The van der Waals surface area contributed by atoms with Crippen LogP contribution in [0.5, 0.6) is 5.75 Å². The summed E-state index contributed by atoms with van der Waals surface area (Å²) < 4.78 is 5.66. The standard InChI is InChI=1S/C19H21Cl2NO2/c1-13-9-14(2)11-17(10-13)24-8-7-22-19(23)6-4-15-3-5-16(20)12-18(15)21/h3,5,9-12H,4,6-8H2,1-2H3,(H,22,23). The molecule has 5 heteroatoms. The van der Waals surface area contributed by atoms with Gasteiger partial charge < -0.3 is 10.1 Å². The van der Waals surface area contributed by atoms with Crippen LogP contribution in [0.2, 0.25) is 10.0 Å². The maximum atomic E-state index is 11.9. The van der Waals surface area contributed by atoms with Crippen molar-refractivity contribution < 1.29 is 9.53 Å². The summed E-state index contributed by atoms with van der Waals surface area (Å²) in [5, 5.41) is 4.04. The van der Waals surface area contributed by atoms with Gasteiger partial charge in [0.1, 0.15) is 12.4 Å². The smallest absolute Gasteiger partial charge is 0.220 e. The lowest BCUT2D eigenvalue weighted by atomic mass is 10.1. The molecule has 0 aliphatic rings. The quantitative estimate of drug-likeness (QED) is 0.719. The minimum atomic E-state index is -0.0231. The lowest BCUT2D eigenvalue weighted by molar-refractivity contribution is -0.121. The van der Waals surface area contributed by atoms with E-state index < -0.39 is 0 Å². The number of rotatable bonds is 7. The second-order valence-electron chi connectivity index (χ2n) is 5.76. The van der Waals surface area contributed by atoms with Gasteiger partial charge in [0.05, 0.1) is 6.54 Å². The van der Waals surface area contributed by atoms with E-state index in [9.17, 15) is 4.79 Å². The van der Waals surface area contributed by atoms with Crippen molar-refractivity contribution in [3.63, 3.8) is 0 Å². The molecule has 1 N–H and O–H groups in total. The average Bonchev–Trinajstić information content (AvgIpc) is 2.50. The highest BCUT2D eigenvalue weighted by molar-refractivity contribution is 6.35. The third-order valence-corrected chi connectivity index (χ3v) is 4.11. The van der Waals surface area contributed by atoms with E-state index in [1.807, 2.05) is 32.0 Å². The lowest BCUT2D eigenvalue weighted by Crippen LogP contribution is -2.28. The Labute approximate surface area is 152 Å². The summed E-state index contributed by atoms with van der Waals surface area (Å²) >= 11 is 12.0. The molecule has 0 atom stereocenters. The van der Waals surface area contributed by atoms with Gasteiger partial charge in [-0.3, -0.25) is 4.79 Å². The van der Waals surface area contributed by atoms with Gasteiger partial charge >= 0.3 is 0 Å². The Morgan fingerprint density at radius 3 is 2.46 bits per heavy atom. The van der Waals surface area contributed by atoms with Crippen LogP contribution in [0.25, 0.3) is 0 Å². The molecule has 0 saturated carbocycles. The minimum Gasteiger partial charge on any atom is -0.492 e. The molecule has 2 aromatic carbocycles. The van der Waals surface area contributed by atoms with Crippen LogP contribution in [0.3, 0.4) is 0 Å². The Kier molecular flexibility index (Phi) is 6.95. The maximum absolute atomic E-state index is 11.9. The zero-order valence-corrected chi connectivity index (χ0v) is 15.4. The molecule has 0 heterocycles. The molecule has 2 rings (SSSR count). The minimum absolute atomic E-state index is 0.0231. The predicted molar refractivity (Wildman–Crippen MR) is 99.2 cm³/mol. The van der Waals surface area contributed by atoms with E-state index in [0.29, 0.717) is 36.0 Å². The van der Waals surface area contributed by atoms with Gasteiger partial charge in [-0.1, -0.05) is 35.3 Å². The molecular formula is C19H21Cl2NO2. The van der Waals surface area contributed by atoms with Crippen molar-refractivity contribution in [2.45, 2.75) is 26.7 Å². The summed E-state index contributed by atoms with van der Waals surface area (Å²) in [5.41, 5.74) is 3.24. The summed E-state index contributed by atoms with van der Waals surface area (Å²) in [6, 6.07) is 11.4. The number of hydrogen-bond acceptors (Lipinski definition) is 2. The molecule has 2 aromatic rings. The molecule has 0 aromatic heterocycles. The molecule has 3 nitrogen and oxygen atoms in total. The van der Waals surface area contributed by atoms with E-state index in [1.165, 1.54) is 0 Å². The molecule has 0 aliphatic heterocycles. The van der Waals surface area contributed by atoms with Gasteiger partial charge in [-0.05, 0) is 61.2 Å². The molecule has 0 bridgehead atoms. The summed E-state index contributed by atoms with van der Waals surface area (Å²) in [6.07, 6.45) is 0.963. The molecular weight excluding hydrogens is 345 g/mol. The molecule has 0 saturated heterocycles. The van der Waals surface area contributed by atoms with Crippen molar-refractivity contribution in [3.05, 3.63) is 63.1 Å². The third-order valence-electron chi connectivity index (χ3n) is 3.52.